The predicted octanol–water partition coefficient (Wildman–Crippen LogP) is 1.87. The number of phenols is 1. The Hall–Kier alpha value is -1.94. The second-order valence-corrected chi connectivity index (χ2v) is 9.94. The summed E-state index contributed by atoms with van der Waals surface area (Å²) < 4.78 is 0. The Kier molecular flexibility index (Phi) is 2.41. The first kappa shape index (κ1) is 12.1. The Bertz CT molecular complexity index is 681. The van der Waals surface area contributed by atoms with E-state index in [-0.39, 0.29) is 17.3 Å². The van der Waals surface area contributed by atoms with E-state index < -0.39 is 8.07 Å². The van der Waals surface area contributed by atoms with Crippen LogP contribution >= 0.6 is 0 Å². The van der Waals surface area contributed by atoms with Crippen molar-refractivity contribution in [3.8, 4) is 5.75 Å². The van der Waals surface area contributed by atoms with E-state index in [0.29, 0.717) is 17.6 Å². The number of allylic oxidation sites excluding steroid dienone is 4. The molecule has 3 nitrogen and oxygen atoms in total. The minimum Gasteiger partial charge on any atom is -0.508 e. The number of hydrogen-bond donors (Lipinski definition) is 1. The molecule has 0 radical (unpaired) electrons. The molecule has 3 rings (SSSR count). The third kappa shape index (κ3) is 1.63. The van der Waals surface area contributed by atoms with E-state index in [9.17, 15) is 14.7 Å². The molecule has 0 atom stereocenters. The highest BCUT2D eigenvalue weighted by Crippen LogP contribution is 2.34. The van der Waals surface area contributed by atoms with E-state index >= 15 is 0 Å². The van der Waals surface area contributed by atoms with Crippen molar-refractivity contribution in [2.45, 2.75) is 19.5 Å². The van der Waals surface area contributed by atoms with Gasteiger partial charge in [0.1, 0.15) is 13.8 Å². The Labute approximate surface area is 112 Å². The number of benzene rings is 1. The second-order valence-electron chi connectivity index (χ2n) is 5.55. The van der Waals surface area contributed by atoms with E-state index in [1.807, 2.05) is 0 Å². The summed E-state index contributed by atoms with van der Waals surface area (Å²) in [4.78, 5) is 24.1. The van der Waals surface area contributed by atoms with Crippen molar-refractivity contribution < 1.29 is 14.7 Å². The molecule has 0 aromatic heterocycles. The Morgan fingerprint density at radius 3 is 2.63 bits per heavy atom. The minimum atomic E-state index is -2.06. The fourth-order valence-corrected chi connectivity index (χ4v) is 6.12. The van der Waals surface area contributed by atoms with Crippen molar-refractivity contribution in [3.63, 3.8) is 0 Å². The highest BCUT2D eigenvalue weighted by molar-refractivity contribution is 6.97. The summed E-state index contributed by atoms with van der Waals surface area (Å²) in [6.45, 7) is 4.25. The quantitative estimate of drug-likeness (QED) is 0.732. The molecule has 0 bridgehead atoms. The summed E-state index contributed by atoms with van der Waals surface area (Å²) in [6.07, 6.45) is 3.49. The molecule has 19 heavy (non-hydrogen) atoms. The summed E-state index contributed by atoms with van der Waals surface area (Å²) in [6, 6.07) is 4.92. The summed E-state index contributed by atoms with van der Waals surface area (Å²) in [5.74, 6) is 0.199. The number of rotatable bonds is 0. The van der Waals surface area contributed by atoms with Gasteiger partial charge in [-0.1, -0.05) is 18.3 Å². The zero-order chi connectivity index (χ0) is 13.8. The Morgan fingerprint density at radius 2 is 1.89 bits per heavy atom. The number of phenolic OH excluding ortho intramolecular Hbond substituents is 1. The minimum absolute atomic E-state index is 0.0272. The molecular weight excluding hydrogens is 256 g/mol. The largest absolute Gasteiger partial charge is 0.508 e. The van der Waals surface area contributed by atoms with E-state index in [1.54, 1.807) is 24.3 Å². The van der Waals surface area contributed by atoms with Gasteiger partial charge < -0.3 is 5.11 Å². The van der Waals surface area contributed by atoms with Gasteiger partial charge in [-0.15, -0.1) is 0 Å². The Balaban J connectivity index is 2.29. The van der Waals surface area contributed by atoms with Crippen LogP contribution in [0.3, 0.4) is 0 Å². The molecular formula is C15H14O3Si. The second kappa shape index (κ2) is 3.77. The summed E-state index contributed by atoms with van der Waals surface area (Å²) in [5.41, 5.74) is 1.36. The van der Waals surface area contributed by atoms with Crippen LogP contribution in [0.4, 0.5) is 0 Å². The van der Waals surface area contributed by atoms with Crippen LogP contribution in [-0.2, 0) is 4.79 Å². The number of aromatic hydroxyl groups is 1. The molecule has 0 spiro atoms. The highest BCUT2D eigenvalue weighted by atomic mass is 28.3. The normalized spacial score (nSPS) is 20.3. The molecule has 1 N–H and O–H groups in total. The molecule has 1 heterocycles. The van der Waals surface area contributed by atoms with Gasteiger partial charge in [0, 0.05) is 17.6 Å². The maximum absolute atomic E-state index is 12.5. The lowest BCUT2D eigenvalue weighted by atomic mass is 9.96. The molecule has 4 heteroatoms. The molecule has 0 saturated carbocycles. The van der Waals surface area contributed by atoms with E-state index in [2.05, 4.69) is 13.1 Å². The van der Waals surface area contributed by atoms with Gasteiger partial charge in [0.25, 0.3) is 0 Å². The zero-order valence-electron chi connectivity index (χ0n) is 10.9. The van der Waals surface area contributed by atoms with Gasteiger partial charge in [-0.3, -0.25) is 9.59 Å². The monoisotopic (exact) mass is 270 g/mol. The van der Waals surface area contributed by atoms with Gasteiger partial charge >= 0.3 is 0 Å². The molecule has 0 unspecified atom stereocenters. The first-order valence-corrected chi connectivity index (χ1v) is 9.24. The summed E-state index contributed by atoms with van der Waals surface area (Å²) in [7, 11) is -2.06. The third-order valence-corrected chi connectivity index (χ3v) is 7.75. The average Bonchev–Trinajstić information content (AvgIpc) is 2.36. The summed E-state index contributed by atoms with van der Waals surface area (Å²) >= 11 is 0. The van der Waals surface area contributed by atoms with Crippen molar-refractivity contribution in [1.82, 2.24) is 0 Å². The maximum atomic E-state index is 12.5. The van der Waals surface area contributed by atoms with Gasteiger partial charge in [-0.05, 0) is 35.5 Å². The van der Waals surface area contributed by atoms with E-state index in [4.69, 9.17) is 0 Å². The first-order chi connectivity index (χ1) is 8.91. The molecule has 0 amide bonds. The van der Waals surface area contributed by atoms with Crippen LogP contribution in [0.15, 0.2) is 41.1 Å². The molecule has 96 valence electrons. The number of Topliss-reactive ketones (excluding diaryl/α,β-unsaturated/α-hetero) is 1. The smallest absolute Gasteiger partial charge is 0.192 e. The van der Waals surface area contributed by atoms with E-state index in [0.717, 1.165) is 10.4 Å². The van der Waals surface area contributed by atoms with Gasteiger partial charge in [-0.2, -0.15) is 0 Å². The average molecular weight is 270 g/mol. The van der Waals surface area contributed by atoms with Crippen LogP contribution in [-0.4, -0.2) is 24.7 Å². The fraction of sp³-hybridized carbons (Fsp3) is 0.200. The molecule has 0 fully saturated rings. The Morgan fingerprint density at radius 1 is 1.16 bits per heavy atom. The van der Waals surface area contributed by atoms with E-state index in [1.165, 1.54) is 6.08 Å². The molecule has 1 aliphatic heterocycles. The van der Waals surface area contributed by atoms with Crippen LogP contribution in [0.1, 0.15) is 16.8 Å². The van der Waals surface area contributed by atoms with Crippen molar-refractivity contribution >= 4 is 24.8 Å². The predicted molar refractivity (Wildman–Crippen MR) is 75.3 cm³/mol. The third-order valence-electron chi connectivity index (χ3n) is 4.03. The number of carbonyl (C=O) groups excluding carboxylic acids is 2. The highest BCUT2D eigenvalue weighted by Gasteiger charge is 2.41. The molecule has 1 aromatic rings. The number of fused-ring (bicyclic) bond motifs is 1. The van der Waals surface area contributed by atoms with Crippen LogP contribution in [0, 0.1) is 0 Å². The van der Waals surface area contributed by atoms with Crippen molar-refractivity contribution in [3.05, 3.63) is 46.7 Å². The lowest BCUT2D eigenvalue weighted by molar-refractivity contribution is -0.114. The first-order valence-electron chi connectivity index (χ1n) is 6.24. The standard InChI is InChI=1S/C15H14O3Si/c1-19(2)13-7-9(16)3-5-11(13)15(18)12-6-4-10(17)8-14(12)19/h3-7,16H,8H2,1-2H3. The van der Waals surface area contributed by atoms with Crippen LogP contribution in [0.2, 0.25) is 13.1 Å². The van der Waals surface area contributed by atoms with Crippen molar-refractivity contribution in [2.24, 2.45) is 0 Å². The lowest BCUT2D eigenvalue weighted by Crippen LogP contribution is -2.51. The fourth-order valence-electron chi connectivity index (χ4n) is 2.93. The molecule has 1 aromatic carbocycles. The van der Waals surface area contributed by atoms with Crippen LogP contribution < -0.4 is 5.19 Å². The number of hydrogen-bond acceptors (Lipinski definition) is 3. The lowest BCUT2D eigenvalue weighted by Gasteiger charge is -2.35. The zero-order valence-corrected chi connectivity index (χ0v) is 11.9. The summed E-state index contributed by atoms with van der Waals surface area (Å²) in [5, 5.41) is 11.6. The topological polar surface area (TPSA) is 54.4 Å². The van der Waals surface area contributed by atoms with Crippen molar-refractivity contribution in [2.75, 3.05) is 0 Å². The van der Waals surface area contributed by atoms with Crippen LogP contribution in [0.5, 0.6) is 5.75 Å². The van der Waals surface area contributed by atoms with Gasteiger partial charge in [-0.25, -0.2) is 0 Å². The molecule has 1 aliphatic carbocycles. The maximum Gasteiger partial charge on any atom is 0.192 e. The number of ketones is 2. The van der Waals surface area contributed by atoms with Gasteiger partial charge in [0.2, 0.25) is 0 Å². The SMILES string of the molecule is C[Si]1(C)C2=C(C=CC(=O)C2)C(=O)c2ccc(O)cc21. The van der Waals surface area contributed by atoms with Gasteiger partial charge in [0.15, 0.2) is 11.6 Å². The van der Waals surface area contributed by atoms with Crippen LogP contribution in [0.25, 0.3) is 0 Å². The molecule has 0 saturated heterocycles. The van der Waals surface area contributed by atoms with Gasteiger partial charge in [0.05, 0.1) is 0 Å². The van der Waals surface area contributed by atoms with Crippen molar-refractivity contribution in [1.29, 1.82) is 0 Å². The molecule has 2 aliphatic rings. The number of carbonyl (C=O) groups is 2.